The minimum atomic E-state index is -2.24. The van der Waals surface area contributed by atoms with Gasteiger partial charge in [0.25, 0.3) is 0 Å². The molecule has 0 aliphatic heterocycles. The van der Waals surface area contributed by atoms with Crippen molar-refractivity contribution in [2.75, 3.05) is 78.8 Å². The molecule has 0 heterocycles. The van der Waals surface area contributed by atoms with Crippen LogP contribution in [-0.4, -0.2) is 137 Å². The predicted octanol–water partition coefficient (Wildman–Crippen LogP) is 9.11. The fourth-order valence-corrected chi connectivity index (χ4v) is 15.6. The molecule has 0 fully saturated rings. The molecule has 2 unspecified atom stereocenters. The van der Waals surface area contributed by atoms with Crippen LogP contribution in [0.4, 0.5) is 0 Å². The topological polar surface area (TPSA) is 49.9 Å². The highest BCUT2D eigenvalue weighted by Gasteiger charge is 2.50. The molecule has 0 aromatic carbocycles. The van der Waals surface area contributed by atoms with Gasteiger partial charge in [-0.2, -0.15) is 0 Å². The van der Waals surface area contributed by atoms with Crippen LogP contribution in [0.3, 0.4) is 0 Å². The maximum atomic E-state index is 6.37. The van der Waals surface area contributed by atoms with Gasteiger partial charge in [-0.15, -0.1) is 11.8 Å². The molecule has 0 aliphatic carbocycles. The van der Waals surface area contributed by atoms with Crippen molar-refractivity contribution in [1.29, 1.82) is 0 Å². The maximum Gasteiger partial charge on any atom is 0.334 e. The highest BCUT2D eigenvalue weighted by atomic mass is 32.2. The molecule has 49 heavy (non-hydrogen) atoms. The van der Waals surface area contributed by atoms with Crippen LogP contribution >= 0.6 is 11.8 Å². The van der Waals surface area contributed by atoms with Gasteiger partial charge in [0.2, 0.25) is 0 Å². The molecular formula is C38H86N4O4SSi2. The van der Waals surface area contributed by atoms with Crippen molar-refractivity contribution in [3.05, 3.63) is 0 Å². The quantitative estimate of drug-likeness (QED) is 0.0495. The Morgan fingerprint density at radius 1 is 0.449 bits per heavy atom. The minimum Gasteiger partial charge on any atom is -0.395 e. The molecule has 0 aliphatic rings. The van der Waals surface area contributed by atoms with E-state index in [1.807, 2.05) is 0 Å². The summed E-state index contributed by atoms with van der Waals surface area (Å²) in [6, 6.07) is 2.04. The molecule has 0 N–H and O–H groups in total. The minimum absolute atomic E-state index is 0.0420. The number of thioether (sulfide) groups is 1. The van der Waals surface area contributed by atoms with Gasteiger partial charge in [0.15, 0.2) is 0 Å². The summed E-state index contributed by atoms with van der Waals surface area (Å²) in [4.78, 5) is 10.9. The Labute approximate surface area is 313 Å². The summed E-state index contributed by atoms with van der Waals surface area (Å²) < 4.78 is 25.4. The molecule has 8 nitrogen and oxygen atoms in total. The highest BCUT2D eigenvalue weighted by molar-refractivity contribution is 8.02. The summed E-state index contributed by atoms with van der Waals surface area (Å²) in [6.45, 7) is 48.2. The number of nitrogens with zero attached hydrogens (tertiary/aromatic N) is 4. The lowest BCUT2D eigenvalue weighted by Gasteiger charge is -2.56. The van der Waals surface area contributed by atoms with Gasteiger partial charge in [-0.1, -0.05) is 55.4 Å². The van der Waals surface area contributed by atoms with Gasteiger partial charge in [-0.3, -0.25) is 19.6 Å². The Balaban J connectivity index is 7.43. The Morgan fingerprint density at radius 3 is 0.857 bits per heavy atom. The largest absolute Gasteiger partial charge is 0.395 e. The molecule has 0 spiro atoms. The van der Waals surface area contributed by atoms with Crippen LogP contribution < -0.4 is 0 Å². The third-order valence-electron chi connectivity index (χ3n) is 10.6. The molecule has 0 rings (SSSR count). The second-order valence-corrected chi connectivity index (χ2v) is 22.8. The average Bonchev–Trinajstić information content (AvgIpc) is 3.05. The molecule has 0 saturated heterocycles. The Hall–Kier alpha value is 0.464. The van der Waals surface area contributed by atoms with Crippen molar-refractivity contribution >= 4 is 28.9 Å². The van der Waals surface area contributed by atoms with Crippen LogP contribution in [-0.2, 0) is 17.7 Å². The lowest BCUT2D eigenvalue weighted by atomic mass is 9.96. The van der Waals surface area contributed by atoms with Crippen molar-refractivity contribution in [3.63, 3.8) is 0 Å². The van der Waals surface area contributed by atoms with Crippen LogP contribution in [0.5, 0.6) is 0 Å². The van der Waals surface area contributed by atoms with Gasteiger partial charge in [0.05, 0.1) is 12.3 Å². The van der Waals surface area contributed by atoms with E-state index in [1.54, 1.807) is 0 Å². The Bertz CT molecular complexity index is 721. The summed E-state index contributed by atoms with van der Waals surface area (Å²) in [5, 5.41) is 0. The van der Waals surface area contributed by atoms with E-state index in [9.17, 15) is 0 Å². The number of rotatable bonds is 32. The summed E-state index contributed by atoms with van der Waals surface area (Å²) in [6.07, 6.45) is 5.05. The summed E-state index contributed by atoms with van der Waals surface area (Å²) in [7, 11) is -4.49. The smallest absolute Gasteiger partial charge is 0.334 e. The summed E-state index contributed by atoms with van der Waals surface area (Å²) in [5.74, 6) is 0. The van der Waals surface area contributed by atoms with E-state index < -0.39 is 17.1 Å². The molecule has 296 valence electrons. The van der Waals surface area contributed by atoms with E-state index >= 15 is 0 Å². The number of hydrogen-bond donors (Lipinski definition) is 0. The van der Waals surface area contributed by atoms with E-state index in [0.29, 0.717) is 12.3 Å². The fraction of sp³-hybridized carbons (Fsp3) is 1.00. The van der Waals surface area contributed by atoms with Crippen molar-refractivity contribution in [2.45, 2.75) is 170 Å². The van der Waals surface area contributed by atoms with Crippen LogP contribution in [0.15, 0.2) is 0 Å². The zero-order chi connectivity index (χ0) is 37.7. The van der Waals surface area contributed by atoms with E-state index in [2.05, 4.69) is 141 Å². The van der Waals surface area contributed by atoms with Crippen molar-refractivity contribution < 1.29 is 17.7 Å². The monoisotopic (exact) mass is 751 g/mol. The highest BCUT2D eigenvalue weighted by Crippen LogP contribution is 2.50. The molecular weight excluding hydrogens is 665 g/mol. The van der Waals surface area contributed by atoms with Crippen LogP contribution in [0.2, 0.25) is 25.2 Å². The lowest BCUT2D eigenvalue weighted by molar-refractivity contribution is 0.0172. The van der Waals surface area contributed by atoms with Crippen LogP contribution in [0.1, 0.15) is 123 Å². The van der Waals surface area contributed by atoms with E-state index in [0.717, 1.165) is 117 Å². The SMILES string of the molecule is CCO[Si](C)(CCCC(C)(SC(C)(CCC[Si](C)(OCC)OCC)C(N(CC)CC)N(CC)CC)C(N(CC)CC)N(CC)CC)OCC. The zero-order valence-corrected chi connectivity index (χ0v) is 38.5. The van der Waals surface area contributed by atoms with E-state index in [-0.39, 0.29) is 9.49 Å². The molecule has 0 saturated carbocycles. The van der Waals surface area contributed by atoms with E-state index in [1.165, 1.54) is 0 Å². The maximum absolute atomic E-state index is 6.37. The standard InChI is InChI=1S/C38H86N4O4SSi2/c1-17-39(18-2)35(40(19-3)20-4)37(13,31-29-33-48(15,43-25-9)44-26-10)47-38(14,32-30-34-49(16,45-27-11)46-28-12)36(41(21-5)22-6)42(23-7)24-8/h35-36H,17-34H2,1-16H3. The van der Waals surface area contributed by atoms with Gasteiger partial charge in [-0.25, -0.2) is 0 Å². The van der Waals surface area contributed by atoms with Crippen LogP contribution in [0.25, 0.3) is 0 Å². The third-order valence-corrected chi connectivity index (χ3v) is 18.5. The first-order valence-electron chi connectivity index (χ1n) is 20.4. The van der Waals surface area contributed by atoms with Gasteiger partial charge < -0.3 is 17.7 Å². The van der Waals surface area contributed by atoms with Crippen molar-refractivity contribution in [1.82, 2.24) is 19.6 Å². The Kier molecular flexibility index (Phi) is 25.7. The van der Waals surface area contributed by atoms with Gasteiger partial charge in [-0.05, 0) is 145 Å². The van der Waals surface area contributed by atoms with Gasteiger partial charge in [0, 0.05) is 35.9 Å². The van der Waals surface area contributed by atoms with Gasteiger partial charge >= 0.3 is 17.1 Å². The first kappa shape index (κ1) is 49.5. The molecule has 0 amide bonds. The zero-order valence-electron chi connectivity index (χ0n) is 35.7. The fourth-order valence-electron chi connectivity index (χ4n) is 8.40. The van der Waals surface area contributed by atoms with Crippen molar-refractivity contribution in [3.8, 4) is 0 Å². The molecule has 0 aromatic rings. The molecule has 11 heteroatoms. The van der Waals surface area contributed by atoms with Gasteiger partial charge in [0.1, 0.15) is 0 Å². The second-order valence-electron chi connectivity index (χ2n) is 14.1. The Morgan fingerprint density at radius 2 is 0.673 bits per heavy atom. The molecule has 0 bridgehead atoms. The number of hydrogen-bond acceptors (Lipinski definition) is 9. The summed E-state index contributed by atoms with van der Waals surface area (Å²) in [5.41, 5.74) is 0. The van der Waals surface area contributed by atoms with Crippen molar-refractivity contribution in [2.24, 2.45) is 0 Å². The lowest BCUT2D eigenvalue weighted by Crippen LogP contribution is -2.64. The second kappa shape index (κ2) is 25.5. The molecule has 0 radical (unpaired) electrons. The normalized spacial score (nSPS) is 15.8. The summed E-state index contributed by atoms with van der Waals surface area (Å²) >= 11 is 2.30. The van der Waals surface area contributed by atoms with Crippen LogP contribution in [0, 0.1) is 0 Å². The first-order chi connectivity index (χ1) is 23.2. The predicted molar refractivity (Wildman–Crippen MR) is 221 cm³/mol. The molecule has 2 atom stereocenters. The molecule has 0 aromatic heterocycles. The van der Waals surface area contributed by atoms with E-state index in [4.69, 9.17) is 17.7 Å². The first-order valence-corrected chi connectivity index (χ1v) is 26.3. The third kappa shape index (κ3) is 15.4. The average molecular weight is 751 g/mol.